The van der Waals surface area contributed by atoms with Crippen LogP contribution in [0.5, 0.6) is 5.75 Å². The number of hydrogen-bond acceptors (Lipinski definition) is 7. The van der Waals surface area contributed by atoms with Gasteiger partial charge in [-0.25, -0.2) is 0 Å². The van der Waals surface area contributed by atoms with Crippen molar-refractivity contribution in [1.29, 1.82) is 0 Å². The number of amides is 1. The maximum atomic E-state index is 12.5. The number of aryl methyl sites for hydroxylation is 1. The maximum Gasteiger partial charge on any atom is 0.255 e. The van der Waals surface area contributed by atoms with E-state index >= 15 is 0 Å². The molecule has 1 amide bonds. The number of rotatable bonds is 8. The third-order valence-electron chi connectivity index (χ3n) is 4.20. The van der Waals surface area contributed by atoms with Gasteiger partial charge in [0.2, 0.25) is 11.7 Å². The van der Waals surface area contributed by atoms with Crippen LogP contribution >= 0.6 is 0 Å². The summed E-state index contributed by atoms with van der Waals surface area (Å²) in [6.45, 7) is 7.73. The number of ether oxygens (including phenoxy) is 1. The first-order chi connectivity index (χ1) is 12.7. The molecule has 26 heavy (non-hydrogen) atoms. The van der Waals surface area contributed by atoms with Gasteiger partial charge in [-0.1, -0.05) is 17.3 Å². The van der Waals surface area contributed by atoms with Crippen molar-refractivity contribution in [3.05, 3.63) is 41.5 Å². The Bertz CT molecular complexity index is 712. The number of nitrogens with zero attached hydrogens (tertiary/aromatic N) is 3. The van der Waals surface area contributed by atoms with E-state index in [1.54, 1.807) is 19.1 Å². The summed E-state index contributed by atoms with van der Waals surface area (Å²) in [7, 11) is 0. The SMILES string of the molecule is Cc1nc(COc2ccccc2C(=O)NCCCN2CCNCC2)no1. The molecule has 0 atom stereocenters. The molecule has 1 aliphatic rings. The van der Waals surface area contributed by atoms with Crippen molar-refractivity contribution < 1.29 is 14.1 Å². The zero-order valence-electron chi connectivity index (χ0n) is 15.0. The van der Waals surface area contributed by atoms with Crippen LogP contribution in [-0.4, -0.2) is 60.2 Å². The van der Waals surface area contributed by atoms with Gasteiger partial charge < -0.3 is 24.8 Å². The second kappa shape index (κ2) is 9.30. The Morgan fingerprint density at radius 3 is 2.92 bits per heavy atom. The molecule has 0 unspecified atom stereocenters. The molecule has 1 aromatic heterocycles. The van der Waals surface area contributed by atoms with Crippen molar-refractivity contribution in [2.45, 2.75) is 20.0 Å². The summed E-state index contributed by atoms with van der Waals surface area (Å²) in [6, 6.07) is 7.17. The second-order valence-electron chi connectivity index (χ2n) is 6.22. The molecule has 2 aromatic rings. The molecule has 0 radical (unpaired) electrons. The van der Waals surface area contributed by atoms with Crippen LogP contribution in [0.15, 0.2) is 28.8 Å². The van der Waals surface area contributed by atoms with Crippen molar-refractivity contribution in [3.63, 3.8) is 0 Å². The van der Waals surface area contributed by atoms with Gasteiger partial charge in [-0.15, -0.1) is 0 Å². The minimum Gasteiger partial charge on any atom is -0.485 e. The predicted octanol–water partition coefficient (Wildman–Crippen LogP) is 0.982. The zero-order chi connectivity index (χ0) is 18.2. The van der Waals surface area contributed by atoms with Gasteiger partial charge in [-0.05, 0) is 25.1 Å². The molecule has 8 nitrogen and oxygen atoms in total. The number of carbonyl (C=O) groups is 1. The summed E-state index contributed by atoms with van der Waals surface area (Å²) >= 11 is 0. The van der Waals surface area contributed by atoms with Crippen LogP contribution in [0, 0.1) is 6.92 Å². The zero-order valence-corrected chi connectivity index (χ0v) is 15.0. The average molecular weight is 359 g/mol. The molecule has 2 N–H and O–H groups in total. The van der Waals surface area contributed by atoms with Crippen LogP contribution in [0.4, 0.5) is 0 Å². The number of hydrogen-bond donors (Lipinski definition) is 2. The normalized spacial score (nSPS) is 15.0. The molecule has 0 bridgehead atoms. The Morgan fingerprint density at radius 1 is 1.35 bits per heavy atom. The highest BCUT2D eigenvalue weighted by Crippen LogP contribution is 2.19. The van der Waals surface area contributed by atoms with Crippen LogP contribution in [0.2, 0.25) is 0 Å². The van der Waals surface area contributed by atoms with Gasteiger partial charge in [0.05, 0.1) is 5.56 Å². The number of carbonyl (C=O) groups excluding carboxylic acids is 1. The Balaban J connectivity index is 1.47. The van der Waals surface area contributed by atoms with Gasteiger partial charge >= 0.3 is 0 Å². The first kappa shape index (κ1) is 18.3. The highest BCUT2D eigenvalue weighted by Gasteiger charge is 2.13. The molecule has 1 saturated heterocycles. The van der Waals surface area contributed by atoms with Crippen molar-refractivity contribution in [2.75, 3.05) is 39.3 Å². The molecule has 2 heterocycles. The standard InChI is InChI=1S/C18H25N5O3/c1-14-21-17(22-26-14)13-25-16-6-3-2-5-15(16)18(24)20-7-4-10-23-11-8-19-9-12-23/h2-3,5-6,19H,4,7-13H2,1H3,(H,20,24). The Morgan fingerprint density at radius 2 is 2.15 bits per heavy atom. The summed E-state index contributed by atoms with van der Waals surface area (Å²) in [5.74, 6) is 1.31. The molecule has 0 saturated carbocycles. The first-order valence-electron chi connectivity index (χ1n) is 8.94. The van der Waals surface area contributed by atoms with Crippen molar-refractivity contribution in [1.82, 2.24) is 25.7 Å². The van der Waals surface area contributed by atoms with Gasteiger partial charge in [-0.3, -0.25) is 4.79 Å². The van der Waals surface area contributed by atoms with Gasteiger partial charge in [0, 0.05) is 39.6 Å². The molecule has 1 aliphatic heterocycles. The lowest BCUT2D eigenvalue weighted by atomic mass is 10.2. The molecule has 0 spiro atoms. The van der Waals surface area contributed by atoms with Gasteiger partial charge in [0.15, 0.2) is 6.61 Å². The van der Waals surface area contributed by atoms with E-state index in [-0.39, 0.29) is 12.5 Å². The smallest absolute Gasteiger partial charge is 0.255 e. The third-order valence-corrected chi connectivity index (χ3v) is 4.20. The fourth-order valence-electron chi connectivity index (χ4n) is 2.86. The molecule has 3 rings (SSSR count). The number of benzene rings is 1. The molecule has 1 aromatic carbocycles. The predicted molar refractivity (Wildman–Crippen MR) is 96.1 cm³/mol. The van der Waals surface area contributed by atoms with Gasteiger partial charge in [0.1, 0.15) is 5.75 Å². The van der Waals surface area contributed by atoms with E-state index in [4.69, 9.17) is 9.26 Å². The molecule has 0 aliphatic carbocycles. The van der Waals surface area contributed by atoms with Gasteiger partial charge in [-0.2, -0.15) is 4.98 Å². The summed E-state index contributed by atoms with van der Waals surface area (Å²) in [5, 5.41) is 10.1. The minimum atomic E-state index is -0.134. The highest BCUT2D eigenvalue weighted by molar-refractivity contribution is 5.96. The summed E-state index contributed by atoms with van der Waals surface area (Å²) < 4.78 is 10.6. The number of nitrogens with one attached hydrogen (secondary N) is 2. The fraction of sp³-hybridized carbons (Fsp3) is 0.500. The quantitative estimate of drug-likeness (QED) is 0.679. The topological polar surface area (TPSA) is 92.5 Å². The Hall–Kier alpha value is -2.45. The third kappa shape index (κ3) is 5.27. The summed E-state index contributed by atoms with van der Waals surface area (Å²) in [4.78, 5) is 19.0. The van der Waals surface area contributed by atoms with E-state index in [2.05, 4.69) is 25.7 Å². The number of para-hydroxylation sites is 1. The van der Waals surface area contributed by atoms with E-state index in [0.29, 0.717) is 29.6 Å². The van der Waals surface area contributed by atoms with Crippen molar-refractivity contribution >= 4 is 5.91 Å². The summed E-state index contributed by atoms with van der Waals surface area (Å²) in [5.41, 5.74) is 0.509. The van der Waals surface area contributed by atoms with E-state index in [0.717, 1.165) is 39.1 Å². The van der Waals surface area contributed by atoms with Crippen LogP contribution in [0.3, 0.4) is 0 Å². The number of aromatic nitrogens is 2. The lowest BCUT2D eigenvalue weighted by Crippen LogP contribution is -2.44. The Labute approximate surface area is 152 Å². The molecule has 140 valence electrons. The van der Waals surface area contributed by atoms with Crippen LogP contribution < -0.4 is 15.4 Å². The average Bonchev–Trinajstić information content (AvgIpc) is 3.10. The summed E-state index contributed by atoms with van der Waals surface area (Å²) in [6.07, 6.45) is 0.927. The van der Waals surface area contributed by atoms with E-state index in [9.17, 15) is 4.79 Å². The minimum absolute atomic E-state index is 0.134. The number of piperazine rings is 1. The monoisotopic (exact) mass is 359 g/mol. The molecular formula is C18H25N5O3. The molecular weight excluding hydrogens is 334 g/mol. The maximum absolute atomic E-state index is 12.5. The van der Waals surface area contributed by atoms with Crippen molar-refractivity contribution in [2.24, 2.45) is 0 Å². The fourth-order valence-corrected chi connectivity index (χ4v) is 2.86. The van der Waals surface area contributed by atoms with Crippen LogP contribution in [0.25, 0.3) is 0 Å². The van der Waals surface area contributed by atoms with E-state index in [1.807, 2.05) is 12.1 Å². The largest absolute Gasteiger partial charge is 0.485 e. The van der Waals surface area contributed by atoms with Crippen LogP contribution in [-0.2, 0) is 6.61 Å². The van der Waals surface area contributed by atoms with E-state index in [1.165, 1.54) is 0 Å². The van der Waals surface area contributed by atoms with Crippen molar-refractivity contribution in [3.8, 4) is 5.75 Å². The first-order valence-corrected chi connectivity index (χ1v) is 8.94. The van der Waals surface area contributed by atoms with Crippen LogP contribution in [0.1, 0.15) is 28.5 Å². The Kier molecular flexibility index (Phi) is 6.56. The molecule has 1 fully saturated rings. The molecule has 8 heteroatoms. The second-order valence-corrected chi connectivity index (χ2v) is 6.22. The lowest BCUT2D eigenvalue weighted by molar-refractivity contribution is 0.0946. The van der Waals surface area contributed by atoms with Gasteiger partial charge in [0.25, 0.3) is 5.91 Å². The lowest BCUT2D eigenvalue weighted by Gasteiger charge is -2.27. The van der Waals surface area contributed by atoms with E-state index < -0.39 is 0 Å². The highest BCUT2D eigenvalue weighted by atomic mass is 16.5.